The van der Waals surface area contributed by atoms with Crippen LogP contribution in [0.15, 0.2) is 24.3 Å². The van der Waals surface area contributed by atoms with Crippen LogP contribution in [-0.2, 0) is 4.79 Å². The van der Waals surface area contributed by atoms with E-state index in [-0.39, 0.29) is 31.5 Å². The van der Waals surface area contributed by atoms with Gasteiger partial charge in [-0.3, -0.25) is 4.79 Å². The van der Waals surface area contributed by atoms with Gasteiger partial charge in [-0.2, -0.15) is 0 Å². The molecule has 1 aromatic carbocycles. The summed E-state index contributed by atoms with van der Waals surface area (Å²) in [6.07, 6.45) is -0.757. The Kier molecular flexibility index (Phi) is 9.07. The molecule has 0 fully saturated rings. The van der Waals surface area contributed by atoms with Gasteiger partial charge in [0.1, 0.15) is 18.5 Å². The van der Waals surface area contributed by atoms with Gasteiger partial charge in [0.25, 0.3) is 0 Å². The molecule has 5 nitrogen and oxygen atoms in total. The number of benzene rings is 1. The van der Waals surface area contributed by atoms with Gasteiger partial charge in [0.15, 0.2) is 0 Å². The predicted octanol–water partition coefficient (Wildman–Crippen LogP) is 0.916. The van der Waals surface area contributed by atoms with Gasteiger partial charge in [0.05, 0.1) is 6.04 Å². The van der Waals surface area contributed by atoms with E-state index in [4.69, 9.17) is 10.5 Å². The molecule has 0 spiro atoms. The van der Waals surface area contributed by atoms with Gasteiger partial charge in [-0.15, -0.1) is 12.4 Å². The van der Waals surface area contributed by atoms with E-state index in [1.807, 2.05) is 24.3 Å². The lowest BCUT2D eigenvalue weighted by molar-refractivity contribution is -0.122. The van der Waals surface area contributed by atoms with Crippen LogP contribution < -0.4 is 15.8 Å². The molecule has 19 heavy (non-hydrogen) atoms. The largest absolute Gasteiger partial charge is 0.491 e. The minimum atomic E-state index is -0.757. The fourth-order valence-electron chi connectivity index (χ4n) is 1.16. The average Bonchev–Trinajstić information content (AvgIpc) is 2.35. The minimum Gasteiger partial charge on any atom is -0.491 e. The highest BCUT2D eigenvalue weighted by molar-refractivity contribution is 14.1. The minimum absolute atomic E-state index is 0. The van der Waals surface area contributed by atoms with Crippen molar-refractivity contribution in [2.45, 2.75) is 19.1 Å². The molecule has 0 heterocycles. The van der Waals surface area contributed by atoms with Crippen molar-refractivity contribution in [3.63, 3.8) is 0 Å². The number of ether oxygens (including phenoxy) is 1. The summed E-state index contributed by atoms with van der Waals surface area (Å²) >= 11 is 2.20. The van der Waals surface area contributed by atoms with Gasteiger partial charge in [-0.25, -0.2) is 0 Å². The average molecular weight is 401 g/mol. The third-order valence-electron chi connectivity index (χ3n) is 2.18. The molecule has 0 radical (unpaired) electrons. The predicted molar refractivity (Wildman–Crippen MR) is 84.6 cm³/mol. The third kappa shape index (κ3) is 7.56. The van der Waals surface area contributed by atoms with Gasteiger partial charge in [0.2, 0.25) is 5.91 Å². The van der Waals surface area contributed by atoms with Crippen LogP contribution in [0.5, 0.6) is 5.75 Å². The molecule has 0 saturated heterocycles. The maximum Gasteiger partial charge on any atom is 0.236 e. The molecule has 1 rings (SSSR count). The van der Waals surface area contributed by atoms with Crippen LogP contribution in [0.1, 0.15) is 6.92 Å². The first-order valence-corrected chi connectivity index (χ1v) is 6.66. The van der Waals surface area contributed by atoms with E-state index in [1.54, 1.807) is 6.92 Å². The van der Waals surface area contributed by atoms with Crippen LogP contribution in [0.25, 0.3) is 0 Å². The smallest absolute Gasteiger partial charge is 0.236 e. The van der Waals surface area contributed by atoms with E-state index in [9.17, 15) is 9.90 Å². The van der Waals surface area contributed by atoms with Gasteiger partial charge < -0.3 is 20.9 Å². The molecule has 1 aromatic rings. The van der Waals surface area contributed by atoms with E-state index in [0.717, 1.165) is 3.57 Å². The summed E-state index contributed by atoms with van der Waals surface area (Å²) in [5.41, 5.74) is 5.38. The van der Waals surface area contributed by atoms with Crippen LogP contribution in [-0.4, -0.2) is 36.3 Å². The first kappa shape index (κ1) is 18.4. The fourth-order valence-corrected chi connectivity index (χ4v) is 1.52. The molecule has 1 unspecified atom stereocenters. The summed E-state index contributed by atoms with van der Waals surface area (Å²) in [5.74, 6) is 0.399. The molecule has 0 aliphatic heterocycles. The van der Waals surface area contributed by atoms with Crippen molar-refractivity contribution < 1.29 is 14.6 Å². The van der Waals surface area contributed by atoms with Crippen molar-refractivity contribution in [3.05, 3.63) is 27.8 Å². The molecule has 0 saturated carbocycles. The van der Waals surface area contributed by atoms with Crippen LogP contribution >= 0.6 is 35.0 Å². The lowest BCUT2D eigenvalue weighted by atomic mass is 10.3. The molecule has 0 bridgehead atoms. The van der Waals surface area contributed by atoms with Crippen LogP contribution in [0.3, 0.4) is 0 Å². The fraction of sp³-hybridized carbons (Fsp3) is 0.417. The van der Waals surface area contributed by atoms with E-state index in [0.29, 0.717) is 5.75 Å². The number of aliphatic hydroxyl groups excluding tert-OH is 1. The number of halogens is 2. The molecule has 7 heteroatoms. The lowest BCUT2D eigenvalue weighted by Crippen LogP contribution is -2.42. The van der Waals surface area contributed by atoms with Gasteiger partial charge in [-0.1, -0.05) is 0 Å². The van der Waals surface area contributed by atoms with Crippen molar-refractivity contribution in [1.82, 2.24) is 5.32 Å². The molecule has 4 N–H and O–H groups in total. The van der Waals surface area contributed by atoms with Crippen LogP contribution in [0.2, 0.25) is 0 Å². The quantitative estimate of drug-likeness (QED) is 0.620. The Morgan fingerprint density at radius 3 is 2.58 bits per heavy atom. The Morgan fingerprint density at radius 1 is 1.47 bits per heavy atom. The Balaban J connectivity index is 0.00000324. The molecule has 2 atom stereocenters. The number of aliphatic hydroxyl groups is 1. The number of hydrogen-bond acceptors (Lipinski definition) is 4. The topological polar surface area (TPSA) is 84.6 Å². The van der Waals surface area contributed by atoms with E-state index in [2.05, 4.69) is 27.9 Å². The zero-order valence-corrected chi connectivity index (χ0v) is 13.5. The molecule has 0 aliphatic carbocycles. The summed E-state index contributed by atoms with van der Waals surface area (Å²) in [7, 11) is 0. The Hall–Kier alpha value is -0.570. The van der Waals surface area contributed by atoms with Crippen molar-refractivity contribution in [2.24, 2.45) is 5.73 Å². The normalized spacial score (nSPS) is 13.1. The van der Waals surface area contributed by atoms with Gasteiger partial charge in [0, 0.05) is 10.1 Å². The van der Waals surface area contributed by atoms with Crippen molar-refractivity contribution in [3.8, 4) is 5.75 Å². The van der Waals surface area contributed by atoms with E-state index < -0.39 is 12.1 Å². The van der Waals surface area contributed by atoms with E-state index >= 15 is 0 Å². The second-order valence-corrected chi connectivity index (χ2v) is 5.20. The molecular formula is C12H18ClIN2O3. The molecular weight excluding hydrogens is 382 g/mol. The zero-order chi connectivity index (χ0) is 13.5. The number of rotatable bonds is 6. The SMILES string of the molecule is C[C@H](N)C(=O)NCC(O)COc1ccc(I)cc1.Cl. The Morgan fingerprint density at radius 2 is 2.05 bits per heavy atom. The highest BCUT2D eigenvalue weighted by atomic mass is 127. The van der Waals surface area contributed by atoms with E-state index in [1.165, 1.54) is 0 Å². The second-order valence-electron chi connectivity index (χ2n) is 3.95. The summed E-state index contributed by atoms with van der Waals surface area (Å²) in [5, 5.41) is 12.1. The molecule has 1 amide bonds. The molecule has 0 aliphatic rings. The van der Waals surface area contributed by atoms with Gasteiger partial charge >= 0.3 is 0 Å². The first-order valence-electron chi connectivity index (χ1n) is 5.58. The highest BCUT2D eigenvalue weighted by Gasteiger charge is 2.10. The number of nitrogens with one attached hydrogen (secondary N) is 1. The number of carbonyl (C=O) groups excluding carboxylic acids is 1. The number of hydrogen-bond donors (Lipinski definition) is 3. The number of carbonyl (C=O) groups is 1. The van der Waals surface area contributed by atoms with Crippen LogP contribution in [0.4, 0.5) is 0 Å². The number of amides is 1. The maximum absolute atomic E-state index is 11.2. The van der Waals surface area contributed by atoms with Crippen molar-refractivity contribution in [1.29, 1.82) is 0 Å². The van der Waals surface area contributed by atoms with Crippen molar-refractivity contribution in [2.75, 3.05) is 13.2 Å². The maximum atomic E-state index is 11.2. The number of nitrogens with two attached hydrogens (primary N) is 1. The summed E-state index contributed by atoms with van der Waals surface area (Å²) in [6.45, 7) is 1.84. The molecule has 0 aromatic heterocycles. The standard InChI is InChI=1S/C12H17IN2O3.ClH/c1-8(14)12(17)15-6-10(16)7-18-11-4-2-9(13)3-5-11;/h2-5,8,10,16H,6-7,14H2,1H3,(H,15,17);1H/t8-,10?;/m0./s1. The summed E-state index contributed by atoms with van der Waals surface area (Å²) < 4.78 is 6.50. The lowest BCUT2D eigenvalue weighted by Gasteiger charge is -2.14. The monoisotopic (exact) mass is 400 g/mol. The molecule has 108 valence electrons. The van der Waals surface area contributed by atoms with Crippen molar-refractivity contribution >= 4 is 40.9 Å². The van der Waals surface area contributed by atoms with Crippen LogP contribution in [0, 0.1) is 3.57 Å². The second kappa shape index (κ2) is 9.35. The Labute approximate surface area is 132 Å². The highest BCUT2D eigenvalue weighted by Crippen LogP contribution is 2.13. The summed E-state index contributed by atoms with van der Waals surface area (Å²) in [6, 6.07) is 6.92. The van der Waals surface area contributed by atoms with Gasteiger partial charge in [-0.05, 0) is 53.8 Å². The third-order valence-corrected chi connectivity index (χ3v) is 2.90. The zero-order valence-electron chi connectivity index (χ0n) is 10.5. The Bertz CT molecular complexity index is 387. The summed E-state index contributed by atoms with van der Waals surface area (Å²) in [4.78, 5) is 11.2. The first-order chi connectivity index (χ1) is 8.49.